The van der Waals surface area contributed by atoms with Crippen LogP contribution in [-0.2, 0) is 0 Å². The fourth-order valence-electron chi connectivity index (χ4n) is 3.11. The van der Waals surface area contributed by atoms with Gasteiger partial charge in [0.05, 0.1) is 0 Å². The van der Waals surface area contributed by atoms with Crippen molar-refractivity contribution in [3.05, 3.63) is 71.8 Å². The number of carbonyl (C=O) groups is 1. The lowest BCUT2D eigenvalue weighted by Crippen LogP contribution is -2.11. The van der Waals surface area contributed by atoms with Crippen LogP contribution in [0, 0.1) is 0 Å². The minimum Gasteiger partial charge on any atom is -0.422 e. The van der Waals surface area contributed by atoms with Gasteiger partial charge in [-0.05, 0) is 17.5 Å². The monoisotopic (exact) mass is 313 g/mol. The molecule has 24 heavy (non-hydrogen) atoms. The molecule has 5 heteroatoms. The molecular weight excluding hydrogens is 302 g/mol. The maximum absolute atomic E-state index is 12.6. The molecule has 0 amide bonds. The molecule has 3 aromatic carbocycles. The molecule has 5 nitrogen and oxygen atoms in total. The van der Waals surface area contributed by atoms with Gasteiger partial charge in [-0.3, -0.25) is 4.79 Å². The minimum absolute atomic E-state index is 0.0922. The van der Waals surface area contributed by atoms with Crippen LogP contribution in [0.1, 0.15) is 15.9 Å². The maximum atomic E-state index is 12.6. The number of nitrogens with one attached hydrogen (secondary N) is 1. The summed E-state index contributed by atoms with van der Waals surface area (Å²) >= 11 is 0. The van der Waals surface area contributed by atoms with Crippen LogP contribution in [0.15, 0.2) is 70.2 Å². The second kappa shape index (κ2) is 4.76. The van der Waals surface area contributed by atoms with Crippen molar-refractivity contribution in [3.8, 4) is 0 Å². The Bertz CT molecular complexity index is 1120. The molecule has 0 aliphatic heterocycles. The molecule has 0 unspecified atom stereocenters. The van der Waals surface area contributed by atoms with Gasteiger partial charge >= 0.3 is 6.01 Å². The second-order valence-electron chi connectivity index (χ2n) is 5.60. The van der Waals surface area contributed by atoms with Crippen LogP contribution in [0.3, 0.4) is 0 Å². The summed E-state index contributed by atoms with van der Waals surface area (Å²) < 4.78 is 5.57. The highest BCUT2D eigenvalue weighted by atomic mass is 16.4. The van der Waals surface area contributed by atoms with E-state index in [1.54, 1.807) is 0 Å². The Morgan fingerprint density at radius 1 is 0.917 bits per heavy atom. The molecule has 0 bridgehead atoms. The molecule has 0 fully saturated rings. The molecular formula is C19H11N3O2. The van der Waals surface area contributed by atoms with E-state index in [0.29, 0.717) is 16.9 Å². The standard InChI is InChI=1S/C19H11N3O2/c23-18-13-8-4-6-11-5-3-7-12(16(11)13)17(18)21-22-19-20-14-9-1-2-10-15(14)24-19/h1-10H,(H,20,22). The summed E-state index contributed by atoms with van der Waals surface area (Å²) in [6.45, 7) is 0. The molecule has 0 saturated heterocycles. The van der Waals surface area contributed by atoms with Crippen molar-refractivity contribution in [1.29, 1.82) is 0 Å². The van der Waals surface area contributed by atoms with Gasteiger partial charge in [0.15, 0.2) is 5.58 Å². The molecule has 114 valence electrons. The third kappa shape index (κ3) is 1.78. The van der Waals surface area contributed by atoms with Crippen LogP contribution in [-0.4, -0.2) is 16.5 Å². The summed E-state index contributed by atoms with van der Waals surface area (Å²) in [5, 5.41) is 6.25. The number of hydrazone groups is 1. The highest BCUT2D eigenvalue weighted by molar-refractivity contribution is 6.59. The van der Waals surface area contributed by atoms with Crippen LogP contribution in [0.2, 0.25) is 0 Å². The smallest absolute Gasteiger partial charge is 0.316 e. The fourth-order valence-corrected chi connectivity index (χ4v) is 3.11. The van der Waals surface area contributed by atoms with Gasteiger partial charge in [-0.2, -0.15) is 10.1 Å². The number of ketones is 1. The molecule has 1 aromatic heterocycles. The molecule has 0 spiro atoms. The number of hydrogen-bond donors (Lipinski definition) is 1. The van der Waals surface area contributed by atoms with Gasteiger partial charge in [0.1, 0.15) is 11.2 Å². The van der Waals surface area contributed by atoms with E-state index >= 15 is 0 Å². The summed E-state index contributed by atoms with van der Waals surface area (Å²) in [6, 6.07) is 19.2. The van der Waals surface area contributed by atoms with Gasteiger partial charge in [0.25, 0.3) is 0 Å². The number of rotatable bonds is 2. The van der Waals surface area contributed by atoms with E-state index < -0.39 is 0 Å². The molecule has 0 radical (unpaired) electrons. The zero-order valence-electron chi connectivity index (χ0n) is 12.5. The molecule has 1 aliphatic rings. The van der Waals surface area contributed by atoms with E-state index in [-0.39, 0.29) is 11.8 Å². The third-order valence-electron chi connectivity index (χ3n) is 4.18. The predicted molar refractivity (Wildman–Crippen MR) is 92.4 cm³/mol. The van der Waals surface area contributed by atoms with Crippen molar-refractivity contribution in [2.45, 2.75) is 0 Å². The summed E-state index contributed by atoms with van der Waals surface area (Å²) in [5.74, 6) is -0.0922. The molecule has 0 saturated carbocycles. The van der Waals surface area contributed by atoms with Crippen molar-refractivity contribution in [1.82, 2.24) is 4.98 Å². The predicted octanol–water partition coefficient (Wildman–Crippen LogP) is 3.99. The first-order valence-corrected chi connectivity index (χ1v) is 7.57. The Morgan fingerprint density at radius 2 is 1.71 bits per heavy atom. The molecule has 5 rings (SSSR count). The number of para-hydroxylation sites is 2. The first kappa shape index (κ1) is 13.0. The quantitative estimate of drug-likeness (QED) is 0.568. The molecule has 1 aliphatic carbocycles. The van der Waals surface area contributed by atoms with Crippen molar-refractivity contribution in [3.63, 3.8) is 0 Å². The third-order valence-corrected chi connectivity index (χ3v) is 4.18. The van der Waals surface area contributed by atoms with Crippen LogP contribution in [0.4, 0.5) is 6.01 Å². The number of anilines is 1. The normalized spacial score (nSPS) is 14.8. The van der Waals surface area contributed by atoms with Gasteiger partial charge in [-0.1, -0.05) is 48.5 Å². The number of carbonyl (C=O) groups excluding carboxylic acids is 1. The first-order chi connectivity index (χ1) is 11.8. The van der Waals surface area contributed by atoms with Crippen LogP contribution >= 0.6 is 0 Å². The number of oxazole rings is 1. The van der Waals surface area contributed by atoms with E-state index in [9.17, 15) is 4.79 Å². The summed E-state index contributed by atoms with van der Waals surface area (Å²) in [4.78, 5) is 16.9. The van der Waals surface area contributed by atoms with Crippen LogP contribution in [0.5, 0.6) is 0 Å². The fraction of sp³-hybridized carbons (Fsp3) is 0. The second-order valence-corrected chi connectivity index (χ2v) is 5.60. The lowest BCUT2D eigenvalue weighted by Gasteiger charge is -1.99. The van der Waals surface area contributed by atoms with Crippen molar-refractivity contribution >= 4 is 39.4 Å². The van der Waals surface area contributed by atoms with Gasteiger partial charge in [-0.25, -0.2) is 5.43 Å². The Kier molecular flexibility index (Phi) is 2.58. The average molecular weight is 313 g/mol. The highest BCUT2D eigenvalue weighted by Crippen LogP contribution is 2.31. The molecule has 1 heterocycles. The van der Waals surface area contributed by atoms with Gasteiger partial charge in [-0.15, -0.1) is 0 Å². The highest BCUT2D eigenvalue weighted by Gasteiger charge is 2.28. The number of fused-ring (bicyclic) bond motifs is 1. The number of aromatic nitrogens is 1. The van der Waals surface area contributed by atoms with E-state index in [1.807, 2.05) is 60.7 Å². The van der Waals surface area contributed by atoms with Crippen LogP contribution in [0.25, 0.3) is 21.9 Å². The largest absolute Gasteiger partial charge is 0.422 e. The zero-order valence-corrected chi connectivity index (χ0v) is 12.5. The Morgan fingerprint density at radius 3 is 2.54 bits per heavy atom. The number of hydrogen-bond acceptors (Lipinski definition) is 5. The van der Waals surface area contributed by atoms with E-state index in [1.165, 1.54) is 0 Å². The van der Waals surface area contributed by atoms with E-state index in [0.717, 1.165) is 21.9 Å². The number of nitrogens with zero attached hydrogens (tertiary/aromatic N) is 2. The summed E-state index contributed by atoms with van der Waals surface area (Å²) in [6.07, 6.45) is 0. The van der Waals surface area contributed by atoms with Gasteiger partial charge in [0.2, 0.25) is 5.78 Å². The first-order valence-electron chi connectivity index (χ1n) is 7.57. The Balaban J connectivity index is 1.59. The average Bonchev–Trinajstić information content (AvgIpc) is 3.15. The molecule has 4 aromatic rings. The van der Waals surface area contributed by atoms with Gasteiger partial charge in [0, 0.05) is 16.5 Å². The number of Topliss-reactive ketones (excluding diaryl/α,β-unsaturated/α-hetero) is 1. The van der Waals surface area contributed by atoms with E-state index in [2.05, 4.69) is 15.5 Å². The van der Waals surface area contributed by atoms with Crippen molar-refractivity contribution in [2.24, 2.45) is 5.10 Å². The van der Waals surface area contributed by atoms with E-state index in [4.69, 9.17) is 4.42 Å². The van der Waals surface area contributed by atoms with Crippen molar-refractivity contribution < 1.29 is 9.21 Å². The summed E-state index contributed by atoms with van der Waals surface area (Å²) in [7, 11) is 0. The topological polar surface area (TPSA) is 67.5 Å². The van der Waals surface area contributed by atoms with Crippen molar-refractivity contribution in [2.75, 3.05) is 5.43 Å². The summed E-state index contributed by atoms with van der Waals surface area (Å²) in [5.41, 5.74) is 6.07. The molecule has 0 atom stereocenters. The lowest BCUT2D eigenvalue weighted by atomic mass is 10.1. The lowest BCUT2D eigenvalue weighted by molar-refractivity contribution is 0.107. The minimum atomic E-state index is -0.0922. The Hall–Kier alpha value is -3.47. The van der Waals surface area contributed by atoms with Crippen LogP contribution < -0.4 is 5.43 Å². The molecule has 1 N–H and O–H groups in total. The maximum Gasteiger partial charge on any atom is 0.316 e. The zero-order chi connectivity index (χ0) is 16.1. The SMILES string of the molecule is O=C1C(=NNc2nc3ccccc3o2)c2cccc3cccc1c23. The van der Waals surface area contributed by atoms with Gasteiger partial charge < -0.3 is 4.42 Å². The Labute approximate surface area is 136 Å². The number of benzene rings is 3.